The Morgan fingerprint density at radius 2 is 1.45 bits per heavy atom. The van der Waals surface area contributed by atoms with Gasteiger partial charge in [-0.3, -0.25) is 24.0 Å². The molecule has 0 heterocycles. The molecule has 0 unspecified atom stereocenters. The second-order valence-electron chi connectivity index (χ2n) is 12.1. The number of Topliss-reactive ketones (excluding diaryl/α,β-unsaturated/α-hetero) is 4. The highest BCUT2D eigenvalue weighted by Gasteiger charge is 2.36. The van der Waals surface area contributed by atoms with Gasteiger partial charge in [0.15, 0.2) is 17.3 Å². The number of carbonyl (C=O) groups is 6. The molecule has 2 rings (SSSR count). The summed E-state index contributed by atoms with van der Waals surface area (Å²) >= 11 is 0. The van der Waals surface area contributed by atoms with E-state index in [4.69, 9.17) is 4.74 Å². The van der Waals surface area contributed by atoms with Crippen LogP contribution in [-0.4, -0.2) is 48.2 Å². The second-order valence-corrected chi connectivity index (χ2v) is 12.1. The van der Waals surface area contributed by atoms with Gasteiger partial charge in [0.1, 0.15) is 0 Å². The van der Waals surface area contributed by atoms with Gasteiger partial charge in [0.05, 0.1) is 24.6 Å². The van der Waals surface area contributed by atoms with E-state index in [1.807, 2.05) is 26.8 Å². The molecule has 2 aromatic carbocycles. The van der Waals surface area contributed by atoms with E-state index in [1.54, 1.807) is 69.3 Å². The Labute approximate surface area is 248 Å². The fourth-order valence-corrected chi connectivity index (χ4v) is 4.70. The van der Waals surface area contributed by atoms with Crippen molar-refractivity contribution in [3.8, 4) is 0 Å². The molecule has 8 heteroatoms. The summed E-state index contributed by atoms with van der Waals surface area (Å²) in [5.74, 6) is -4.42. The smallest absolute Gasteiger partial charge is 0.337 e. The molecule has 0 saturated heterocycles. The van der Waals surface area contributed by atoms with Gasteiger partial charge in [0.25, 0.3) is 0 Å². The number of aryl methyl sites for hydroxylation is 1. The third-order valence-electron chi connectivity index (χ3n) is 7.52. The molecule has 0 bridgehead atoms. The third kappa shape index (κ3) is 9.86. The summed E-state index contributed by atoms with van der Waals surface area (Å²) in [5.41, 5.74) is 1.04. The molecule has 0 fully saturated rings. The van der Waals surface area contributed by atoms with Crippen LogP contribution in [0.4, 0.5) is 0 Å². The zero-order chi connectivity index (χ0) is 31.6. The summed E-state index contributed by atoms with van der Waals surface area (Å²) in [4.78, 5) is 77.0. The maximum absolute atomic E-state index is 13.3. The number of esters is 1. The molecule has 0 aliphatic heterocycles. The van der Waals surface area contributed by atoms with E-state index in [-0.39, 0.29) is 43.2 Å². The van der Waals surface area contributed by atoms with Crippen LogP contribution >= 0.6 is 0 Å². The molecule has 1 amide bonds. The molecule has 0 saturated carbocycles. The Balaban J connectivity index is 2.03. The highest BCUT2D eigenvalue weighted by atomic mass is 16.5. The van der Waals surface area contributed by atoms with E-state index < -0.39 is 46.7 Å². The first-order valence-electron chi connectivity index (χ1n) is 14.3. The van der Waals surface area contributed by atoms with E-state index in [2.05, 4.69) is 5.32 Å². The Morgan fingerprint density at radius 3 is 2.02 bits per heavy atom. The molecular formula is C34H43NO7. The number of nitrogens with one attached hydrogen (secondary N) is 1. The number of carbonyl (C=O) groups excluding carboxylic acids is 6. The summed E-state index contributed by atoms with van der Waals surface area (Å²) in [6, 6.07) is 14.5. The standard InChI is InChI=1S/C34H43NO7/c1-21(2)26(31(39)28(36)17-16-23-12-11-15-25(18-23)33(41)42-7)19-29(37)22(3)35-32(40)27(34(4,5)6)20-30(38)24-13-9-8-10-14-24/h8-15,18,21-22,26-27H,16-17,19-20H2,1-7H3,(H,35,40)/t22-,26-,27+/m0/s1. The highest BCUT2D eigenvalue weighted by Crippen LogP contribution is 2.30. The van der Waals surface area contributed by atoms with E-state index >= 15 is 0 Å². The van der Waals surface area contributed by atoms with Crippen molar-refractivity contribution >= 4 is 35.0 Å². The van der Waals surface area contributed by atoms with Crippen LogP contribution in [0.5, 0.6) is 0 Å². The first kappa shape index (κ1) is 34.3. The average Bonchev–Trinajstić information content (AvgIpc) is 2.95. The summed E-state index contributed by atoms with van der Waals surface area (Å²) in [6.45, 7) is 10.7. The van der Waals surface area contributed by atoms with Crippen molar-refractivity contribution in [2.45, 2.75) is 73.3 Å². The van der Waals surface area contributed by atoms with Crippen LogP contribution in [0.25, 0.3) is 0 Å². The van der Waals surface area contributed by atoms with Crippen molar-refractivity contribution < 1.29 is 33.5 Å². The van der Waals surface area contributed by atoms with E-state index in [0.717, 1.165) is 0 Å². The molecule has 0 spiro atoms. The van der Waals surface area contributed by atoms with Gasteiger partial charge in [-0.15, -0.1) is 0 Å². The number of ether oxygens (including phenoxy) is 1. The van der Waals surface area contributed by atoms with Crippen LogP contribution in [0.15, 0.2) is 54.6 Å². The van der Waals surface area contributed by atoms with E-state index in [0.29, 0.717) is 16.7 Å². The maximum atomic E-state index is 13.3. The van der Waals surface area contributed by atoms with Gasteiger partial charge in [0.2, 0.25) is 11.7 Å². The van der Waals surface area contributed by atoms with Crippen LogP contribution < -0.4 is 5.32 Å². The Morgan fingerprint density at radius 1 is 0.833 bits per heavy atom. The molecule has 8 nitrogen and oxygen atoms in total. The van der Waals surface area contributed by atoms with Gasteiger partial charge < -0.3 is 10.1 Å². The Kier molecular flexibility index (Phi) is 12.5. The first-order chi connectivity index (χ1) is 19.6. The van der Waals surface area contributed by atoms with Gasteiger partial charge in [0, 0.05) is 30.7 Å². The second kappa shape index (κ2) is 15.3. The van der Waals surface area contributed by atoms with E-state index in [1.165, 1.54) is 7.11 Å². The first-order valence-corrected chi connectivity index (χ1v) is 14.3. The predicted octanol–water partition coefficient (Wildman–Crippen LogP) is 5.22. The minimum absolute atomic E-state index is 0.00952. The average molecular weight is 578 g/mol. The lowest BCUT2D eigenvalue weighted by Gasteiger charge is -2.30. The summed E-state index contributed by atoms with van der Waals surface area (Å²) in [6.07, 6.45) is 0.00142. The van der Waals surface area contributed by atoms with Gasteiger partial charge in [-0.05, 0) is 42.4 Å². The van der Waals surface area contributed by atoms with Crippen LogP contribution in [0.1, 0.15) is 87.1 Å². The number of amides is 1. The van der Waals surface area contributed by atoms with Crippen LogP contribution in [0.3, 0.4) is 0 Å². The lowest BCUT2D eigenvalue weighted by atomic mass is 9.76. The van der Waals surface area contributed by atoms with Gasteiger partial charge >= 0.3 is 5.97 Å². The van der Waals surface area contributed by atoms with Crippen LogP contribution in [-0.2, 0) is 30.3 Å². The molecule has 0 aliphatic rings. The van der Waals surface area contributed by atoms with Crippen molar-refractivity contribution in [1.29, 1.82) is 0 Å². The highest BCUT2D eigenvalue weighted by molar-refractivity contribution is 6.38. The molecule has 226 valence electrons. The lowest BCUT2D eigenvalue weighted by molar-refractivity contribution is -0.141. The normalized spacial score (nSPS) is 13.5. The maximum Gasteiger partial charge on any atom is 0.337 e. The van der Waals surface area contributed by atoms with Crippen molar-refractivity contribution in [3.63, 3.8) is 0 Å². The SMILES string of the molecule is COC(=O)c1cccc(CCC(=O)C(=O)[C@@H](CC(=O)[C@H](C)NC(=O)[C@@H](CC(=O)c2ccccc2)C(C)(C)C)C(C)C)c1. The molecule has 2 aromatic rings. The third-order valence-corrected chi connectivity index (χ3v) is 7.52. The number of methoxy groups -OCH3 is 1. The van der Waals surface area contributed by atoms with Crippen LogP contribution in [0, 0.1) is 23.2 Å². The quantitative estimate of drug-likeness (QED) is 0.175. The number of ketones is 4. The van der Waals surface area contributed by atoms with Gasteiger partial charge in [-0.1, -0.05) is 77.1 Å². The molecule has 42 heavy (non-hydrogen) atoms. The van der Waals surface area contributed by atoms with Crippen molar-refractivity contribution in [3.05, 3.63) is 71.3 Å². The fourth-order valence-electron chi connectivity index (χ4n) is 4.70. The molecule has 0 aromatic heterocycles. The number of rotatable bonds is 15. The van der Waals surface area contributed by atoms with Crippen molar-refractivity contribution in [2.24, 2.45) is 23.2 Å². The largest absolute Gasteiger partial charge is 0.465 e. The topological polar surface area (TPSA) is 124 Å². The summed E-state index contributed by atoms with van der Waals surface area (Å²) in [5, 5.41) is 2.75. The Bertz CT molecular complexity index is 1290. The minimum Gasteiger partial charge on any atom is -0.465 e. The number of benzene rings is 2. The van der Waals surface area contributed by atoms with Crippen molar-refractivity contribution in [1.82, 2.24) is 5.32 Å². The fraction of sp³-hybridized carbons (Fsp3) is 0.471. The minimum atomic E-state index is -0.903. The monoisotopic (exact) mass is 577 g/mol. The molecule has 3 atom stereocenters. The number of hydrogen-bond donors (Lipinski definition) is 1. The zero-order valence-electron chi connectivity index (χ0n) is 25.7. The molecular weight excluding hydrogens is 534 g/mol. The van der Waals surface area contributed by atoms with E-state index in [9.17, 15) is 28.8 Å². The molecule has 1 N–H and O–H groups in total. The van der Waals surface area contributed by atoms with Crippen LogP contribution in [0.2, 0.25) is 0 Å². The van der Waals surface area contributed by atoms with Gasteiger partial charge in [-0.25, -0.2) is 4.79 Å². The summed E-state index contributed by atoms with van der Waals surface area (Å²) < 4.78 is 4.72. The molecule has 0 radical (unpaired) electrons. The van der Waals surface area contributed by atoms with Crippen molar-refractivity contribution in [2.75, 3.05) is 7.11 Å². The molecule has 0 aliphatic carbocycles. The Hall–Kier alpha value is -3.94. The number of hydrogen-bond acceptors (Lipinski definition) is 7. The zero-order valence-corrected chi connectivity index (χ0v) is 25.7. The lowest BCUT2D eigenvalue weighted by Crippen LogP contribution is -2.46. The predicted molar refractivity (Wildman–Crippen MR) is 160 cm³/mol. The summed E-state index contributed by atoms with van der Waals surface area (Å²) in [7, 11) is 1.28. The van der Waals surface area contributed by atoms with Gasteiger partial charge in [-0.2, -0.15) is 0 Å².